The van der Waals surface area contributed by atoms with Crippen LogP contribution in [-0.2, 0) is 4.79 Å². The maximum atomic E-state index is 11.6. The van der Waals surface area contributed by atoms with E-state index < -0.39 is 0 Å². The number of carbonyl (C=O) groups is 1. The smallest absolute Gasteiger partial charge is 0.244 e. The molecule has 3 N–H and O–H groups in total. The maximum absolute atomic E-state index is 11.6. The Bertz CT molecular complexity index is 416. The third-order valence-corrected chi connectivity index (χ3v) is 2.78. The molecule has 0 saturated heterocycles. The van der Waals surface area contributed by atoms with Gasteiger partial charge in [-0.15, -0.1) is 12.4 Å². The Hall–Kier alpha value is -1.48. The molecule has 0 aliphatic heterocycles. The normalized spacial score (nSPS) is 12.2. The third-order valence-electron chi connectivity index (χ3n) is 2.78. The van der Waals surface area contributed by atoms with Gasteiger partial charge in [0.05, 0.1) is 0 Å². The number of halogens is 1. The molecule has 0 bridgehead atoms. The van der Waals surface area contributed by atoms with Crippen LogP contribution < -0.4 is 11.1 Å². The average Bonchev–Trinajstić information content (AvgIpc) is 2.27. The second kappa shape index (κ2) is 7.77. The average molecular weight is 269 g/mol. The number of hydrogen-bond acceptors (Lipinski definition) is 2. The Balaban J connectivity index is 0.00000289. The van der Waals surface area contributed by atoms with Gasteiger partial charge in [0.25, 0.3) is 0 Å². The summed E-state index contributed by atoms with van der Waals surface area (Å²) in [5, 5.41) is 2.90. The summed E-state index contributed by atoms with van der Waals surface area (Å²) in [4.78, 5) is 11.6. The minimum Gasteiger partial charge on any atom is -0.398 e. The number of rotatable bonds is 4. The molecule has 0 heterocycles. The summed E-state index contributed by atoms with van der Waals surface area (Å²) in [6, 6.07) is 7.62. The Labute approximate surface area is 115 Å². The first kappa shape index (κ1) is 16.5. The molecule has 1 amide bonds. The predicted octanol–water partition coefficient (Wildman–Crippen LogP) is 2.86. The number of amides is 1. The topological polar surface area (TPSA) is 55.1 Å². The van der Waals surface area contributed by atoms with Gasteiger partial charge in [0.15, 0.2) is 0 Å². The summed E-state index contributed by atoms with van der Waals surface area (Å²) >= 11 is 0. The van der Waals surface area contributed by atoms with E-state index in [1.54, 1.807) is 6.08 Å². The largest absolute Gasteiger partial charge is 0.398 e. The van der Waals surface area contributed by atoms with Crippen LogP contribution in [0, 0.1) is 5.92 Å². The maximum Gasteiger partial charge on any atom is 0.244 e. The van der Waals surface area contributed by atoms with Crippen LogP contribution in [0.5, 0.6) is 0 Å². The molecule has 1 atom stereocenters. The van der Waals surface area contributed by atoms with E-state index in [9.17, 15) is 4.79 Å². The first-order valence-corrected chi connectivity index (χ1v) is 5.83. The van der Waals surface area contributed by atoms with Crippen LogP contribution in [0.3, 0.4) is 0 Å². The van der Waals surface area contributed by atoms with E-state index in [1.165, 1.54) is 6.08 Å². The molecule has 1 rings (SSSR count). The second-order valence-electron chi connectivity index (χ2n) is 4.50. The summed E-state index contributed by atoms with van der Waals surface area (Å²) in [5.41, 5.74) is 7.31. The van der Waals surface area contributed by atoms with E-state index in [1.807, 2.05) is 31.2 Å². The summed E-state index contributed by atoms with van der Waals surface area (Å²) < 4.78 is 0. The molecule has 1 aromatic rings. The molecule has 0 fully saturated rings. The number of nitrogen functional groups attached to an aromatic ring is 1. The zero-order valence-corrected chi connectivity index (χ0v) is 11.8. The zero-order chi connectivity index (χ0) is 12.8. The molecule has 18 heavy (non-hydrogen) atoms. The van der Waals surface area contributed by atoms with Crippen molar-refractivity contribution in [1.29, 1.82) is 0 Å². The van der Waals surface area contributed by atoms with Gasteiger partial charge in [0, 0.05) is 17.8 Å². The van der Waals surface area contributed by atoms with Gasteiger partial charge in [-0.3, -0.25) is 4.79 Å². The highest BCUT2D eigenvalue weighted by Crippen LogP contribution is 2.11. The molecule has 1 aromatic carbocycles. The molecule has 0 spiro atoms. The van der Waals surface area contributed by atoms with Crippen molar-refractivity contribution in [2.75, 3.05) is 5.73 Å². The van der Waals surface area contributed by atoms with E-state index in [2.05, 4.69) is 19.2 Å². The van der Waals surface area contributed by atoms with Crippen LogP contribution in [0.4, 0.5) is 5.69 Å². The fraction of sp³-hybridized carbons (Fsp3) is 0.357. The van der Waals surface area contributed by atoms with Gasteiger partial charge in [-0.25, -0.2) is 0 Å². The van der Waals surface area contributed by atoms with Crippen molar-refractivity contribution < 1.29 is 4.79 Å². The fourth-order valence-electron chi connectivity index (χ4n) is 1.27. The monoisotopic (exact) mass is 268 g/mol. The lowest BCUT2D eigenvalue weighted by molar-refractivity contribution is -0.117. The summed E-state index contributed by atoms with van der Waals surface area (Å²) in [6.07, 6.45) is 3.25. The number of nitrogens with two attached hydrogens (primary N) is 1. The van der Waals surface area contributed by atoms with Crippen molar-refractivity contribution in [3.05, 3.63) is 35.9 Å². The van der Waals surface area contributed by atoms with Crippen molar-refractivity contribution in [3.8, 4) is 0 Å². The molecular weight excluding hydrogens is 248 g/mol. The van der Waals surface area contributed by atoms with Gasteiger partial charge in [-0.2, -0.15) is 0 Å². The first-order valence-electron chi connectivity index (χ1n) is 5.83. The van der Waals surface area contributed by atoms with E-state index >= 15 is 0 Å². The molecule has 0 aromatic heterocycles. The van der Waals surface area contributed by atoms with Gasteiger partial charge in [0.2, 0.25) is 5.91 Å². The Morgan fingerprint density at radius 2 is 1.89 bits per heavy atom. The lowest BCUT2D eigenvalue weighted by Gasteiger charge is -2.15. The highest BCUT2D eigenvalue weighted by atomic mass is 35.5. The zero-order valence-electron chi connectivity index (χ0n) is 11.0. The molecule has 0 saturated carbocycles. The number of nitrogens with one attached hydrogen (secondary N) is 1. The van der Waals surface area contributed by atoms with Crippen LogP contribution in [0.25, 0.3) is 6.08 Å². The van der Waals surface area contributed by atoms with Crippen LogP contribution in [0.1, 0.15) is 26.3 Å². The molecule has 0 unspecified atom stereocenters. The van der Waals surface area contributed by atoms with Gasteiger partial charge in [0.1, 0.15) is 0 Å². The standard InChI is InChI=1S/C14H20N2O.ClH/c1-10(2)11(3)16-14(17)9-8-12-6-4-5-7-13(12)15;/h4-11H,15H2,1-3H3,(H,16,17);1H/b9-8+;/t11-;/m0./s1. The highest BCUT2D eigenvalue weighted by Gasteiger charge is 2.08. The van der Waals surface area contributed by atoms with Gasteiger partial charge < -0.3 is 11.1 Å². The number of carbonyl (C=O) groups excluding carboxylic acids is 1. The molecular formula is C14H21ClN2O. The molecule has 0 radical (unpaired) electrons. The molecule has 0 aliphatic rings. The minimum atomic E-state index is -0.0885. The van der Waals surface area contributed by atoms with Crippen molar-refractivity contribution in [1.82, 2.24) is 5.32 Å². The lowest BCUT2D eigenvalue weighted by Crippen LogP contribution is -2.34. The SMILES string of the molecule is CC(C)[C@H](C)NC(=O)/C=C/c1ccccc1N.Cl. The predicted molar refractivity (Wildman–Crippen MR) is 79.6 cm³/mol. The van der Waals surface area contributed by atoms with Crippen LogP contribution in [-0.4, -0.2) is 11.9 Å². The van der Waals surface area contributed by atoms with E-state index in [-0.39, 0.29) is 24.4 Å². The number of hydrogen-bond donors (Lipinski definition) is 2. The Morgan fingerprint density at radius 3 is 2.44 bits per heavy atom. The minimum absolute atomic E-state index is 0. The lowest BCUT2D eigenvalue weighted by atomic mass is 10.1. The Kier molecular flexibility index (Phi) is 7.13. The highest BCUT2D eigenvalue weighted by molar-refractivity contribution is 5.92. The van der Waals surface area contributed by atoms with E-state index in [0.29, 0.717) is 11.6 Å². The number of benzene rings is 1. The van der Waals surface area contributed by atoms with E-state index in [0.717, 1.165) is 5.56 Å². The summed E-state index contributed by atoms with van der Waals surface area (Å²) in [7, 11) is 0. The van der Waals surface area contributed by atoms with E-state index in [4.69, 9.17) is 5.73 Å². The summed E-state index contributed by atoms with van der Waals surface area (Å²) in [6.45, 7) is 6.14. The third kappa shape index (κ3) is 5.23. The van der Waals surface area contributed by atoms with Crippen molar-refractivity contribution >= 4 is 30.1 Å². The van der Waals surface area contributed by atoms with Crippen molar-refractivity contribution in [3.63, 3.8) is 0 Å². The first-order chi connectivity index (χ1) is 8.00. The van der Waals surface area contributed by atoms with Crippen LogP contribution >= 0.6 is 12.4 Å². The number of anilines is 1. The van der Waals surface area contributed by atoms with Gasteiger partial charge in [-0.1, -0.05) is 32.0 Å². The summed E-state index contributed by atoms with van der Waals surface area (Å²) in [5.74, 6) is 0.337. The van der Waals surface area contributed by atoms with Crippen LogP contribution in [0.2, 0.25) is 0 Å². The molecule has 3 nitrogen and oxygen atoms in total. The quantitative estimate of drug-likeness (QED) is 0.652. The van der Waals surface area contributed by atoms with Crippen molar-refractivity contribution in [2.24, 2.45) is 5.92 Å². The van der Waals surface area contributed by atoms with Crippen LogP contribution in [0.15, 0.2) is 30.3 Å². The second-order valence-corrected chi connectivity index (χ2v) is 4.50. The molecule has 4 heteroatoms. The fourth-order valence-corrected chi connectivity index (χ4v) is 1.27. The van der Waals surface area contributed by atoms with Gasteiger partial charge in [-0.05, 0) is 30.5 Å². The van der Waals surface area contributed by atoms with Gasteiger partial charge >= 0.3 is 0 Å². The molecule has 100 valence electrons. The molecule has 0 aliphatic carbocycles. The van der Waals surface area contributed by atoms with Crippen molar-refractivity contribution in [2.45, 2.75) is 26.8 Å². The number of para-hydroxylation sites is 1. The Morgan fingerprint density at radius 1 is 1.28 bits per heavy atom.